The third-order valence-electron chi connectivity index (χ3n) is 4.88. The molecule has 0 saturated carbocycles. The smallest absolute Gasteiger partial charge is 0.237 e. The number of carbonyl (C=O) groups is 1. The molecule has 6 heteroatoms. The molecule has 5 nitrogen and oxygen atoms in total. The molecule has 1 aromatic carbocycles. The Morgan fingerprint density at radius 1 is 1.25 bits per heavy atom. The quantitative estimate of drug-likeness (QED) is 0.805. The van der Waals surface area contributed by atoms with Crippen molar-refractivity contribution in [3.63, 3.8) is 0 Å². The summed E-state index contributed by atoms with van der Waals surface area (Å²) < 4.78 is 2.20. The second-order valence-electron chi connectivity index (χ2n) is 6.60. The van der Waals surface area contributed by atoms with Gasteiger partial charge < -0.3 is 9.47 Å². The van der Waals surface area contributed by atoms with Crippen molar-refractivity contribution in [1.82, 2.24) is 14.8 Å². The third kappa shape index (κ3) is 2.83. The van der Waals surface area contributed by atoms with Gasteiger partial charge in [-0.1, -0.05) is 36.4 Å². The lowest BCUT2D eigenvalue weighted by atomic mass is 10.1. The Balaban J connectivity index is 1.47. The highest BCUT2D eigenvalue weighted by molar-refractivity contribution is 7.99. The highest BCUT2D eigenvalue weighted by Gasteiger charge is 2.30. The second kappa shape index (κ2) is 6.59. The summed E-state index contributed by atoms with van der Waals surface area (Å²) in [6.45, 7) is 3.09. The minimum Gasteiger partial charge on any atom is -0.308 e. The van der Waals surface area contributed by atoms with Crippen LogP contribution in [0.4, 0.5) is 5.69 Å². The summed E-state index contributed by atoms with van der Waals surface area (Å²) in [4.78, 5) is 14.7. The van der Waals surface area contributed by atoms with Crippen molar-refractivity contribution in [1.29, 1.82) is 0 Å². The van der Waals surface area contributed by atoms with E-state index in [0.717, 1.165) is 36.1 Å². The Hall–Kier alpha value is -1.82. The highest BCUT2D eigenvalue weighted by Crippen LogP contribution is 2.33. The molecule has 2 aromatic rings. The van der Waals surface area contributed by atoms with E-state index < -0.39 is 0 Å². The first-order valence-electron chi connectivity index (χ1n) is 8.69. The molecule has 2 aliphatic heterocycles. The van der Waals surface area contributed by atoms with Gasteiger partial charge in [-0.3, -0.25) is 4.79 Å². The number of carbonyl (C=O) groups excluding carboxylic acids is 1. The van der Waals surface area contributed by atoms with E-state index >= 15 is 0 Å². The van der Waals surface area contributed by atoms with E-state index in [0.29, 0.717) is 5.75 Å². The van der Waals surface area contributed by atoms with E-state index in [2.05, 4.69) is 27.8 Å². The molecule has 0 fully saturated rings. The van der Waals surface area contributed by atoms with Gasteiger partial charge in [0.25, 0.3) is 0 Å². The van der Waals surface area contributed by atoms with E-state index in [1.165, 1.54) is 36.6 Å². The molecule has 1 atom stereocenters. The number of hydrogen-bond acceptors (Lipinski definition) is 4. The van der Waals surface area contributed by atoms with Gasteiger partial charge in [-0.25, -0.2) is 0 Å². The summed E-state index contributed by atoms with van der Waals surface area (Å²) in [5.74, 6) is 1.64. The van der Waals surface area contributed by atoms with Crippen LogP contribution in [-0.4, -0.2) is 32.5 Å². The van der Waals surface area contributed by atoms with Gasteiger partial charge in [0, 0.05) is 24.7 Å². The van der Waals surface area contributed by atoms with Crippen molar-refractivity contribution in [2.75, 3.05) is 10.7 Å². The van der Waals surface area contributed by atoms with Crippen LogP contribution >= 0.6 is 11.8 Å². The van der Waals surface area contributed by atoms with Gasteiger partial charge in [0.15, 0.2) is 5.16 Å². The van der Waals surface area contributed by atoms with Crippen LogP contribution in [0, 0.1) is 0 Å². The molecule has 0 saturated heterocycles. The van der Waals surface area contributed by atoms with Crippen molar-refractivity contribution in [2.24, 2.45) is 0 Å². The maximum atomic E-state index is 12.8. The van der Waals surface area contributed by atoms with Crippen molar-refractivity contribution in [3.8, 4) is 0 Å². The number of thioether (sulfide) groups is 1. The van der Waals surface area contributed by atoms with Gasteiger partial charge in [0.1, 0.15) is 5.82 Å². The molecule has 0 N–H and O–H groups in total. The van der Waals surface area contributed by atoms with E-state index in [9.17, 15) is 4.79 Å². The van der Waals surface area contributed by atoms with Gasteiger partial charge in [-0.2, -0.15) is 0 Å². The number of aryl methyl sites for hydroxylation is 1. The molecule has 4 rings (SSSR count). The molecule has 126 valence electrons. The topological polar surface area (TPSA) is 51.0 Å². The number of anilines is 1. The zero-order valence-electron chi connectivity index (χ0n) is 13.9. The van der Waals surface area contributed by atoms with Crippen LogP contribution in [0.2, 0.25) is 0 Å². The Kier molecular flexibility index (Phi) is 4.31. The number of para-hydroxylation sites is 1. The minimum absolute atomic E-state index is 0.156. The van der Waals surface area contributed by atoms with Crippen molar-refractivity contribution < 1.29 is 4.79 Å². The van der Waals surface area contributed by atoms with Crippen LogP contribution < -0.4 is 4.90 Å². The molecule has 1 amide bonds. The third-order valence-corrected chi connectivity index (χ3v) is 5.83. The van der Waals surface area contributed by atoms with Gasteiger partial charge in [-0.05, 0) is 37.8 Å². The maximum absolute atomic E-state index is 12.8. The summed E-state index contributed by atoms with van der Waals surface area (Å²) in [6.07, 6.45) is 5.53. The van der Waals surface area contributed by atoms with Gasteiger partial charge in [-0.15, -0.1) is 10.2 Å². The molecule has 3 heterocycles. The molecule has 0 unspecified atom stereocenters. The van der Waals surface area contributed by atoms with Crippen LogP contribution in [0.25, 0.3) is 0 Å². The number of amides is 1. The van der Waals surface area contributed by atoms with Gasteiger partial charge in [0.05, 0.1) is 5.75 Å². The number of fused-ring (bicyclic) bond motifs is 2. The van der Waals surface area contributed by atoms with Crippen molar-refractivity contribution in [3.05, 3.63) is 35.7 Å². The molecule has 1 aromatic heterocycles. The zero-order chi connectivity index (χ0) is 16.5. The minimum atomic E-state index is 0.156. The molecule has 2 aliphatic rings. The largest absolute Gasteiger partial charge is 0.308 e. The van der Waals surface area contributed by atoms with E-state index in [1.807, 2.05) is 23.1 Å². The van der Waals surface area contributed by atoms with E-state index in [-0.39, 0.29) is 11.9 Å². The molecule has 0 spiro atoms. The summed E-state index contributed by atoms with van der Waals surface area (Å²) in [7, 11) is 0. The fourth-order valence-corrected chi connectivity index (χ4v) is 4.55. The van der Waals surface area contributed by atoms with Crippen LogP contribution in [0.3, 0.4) is 0 Å². The molecule has 0 bridgehead atoms. The van der Waals surface area contributed by atoms with E-state index in [4.69, 9.17) is 0 Å². The second-order valence-corrected chi connectivity index (χ2v) is 7.54. The predicted octanol–water partition coefficient (Wildman–Crippen LogP) is 3.07. The lowest BCUT2D eigenvalue weighted by Gasteiger charge is -2.22. The normalized spacial score (nSPS) is 19.7. The molecular weight excluding hydrogens is 320 g/mol. The van der Waals surface area contributed by atoms with Crippen LogP contribution in [0.5, 0.6) is 0 Å². The summed E-state index contributed by atoms with van der Waals surface area (Å²) in [5, 5.41) is 9.51. The van der Waals surface area contributed by atoms with Crippen molar-refractivity contribution >= 4 is 23.4 Å². The fraction of sp³-hybridized carbons (Fsp3) is 0.500. The monoisotopic (exact) mass is 342 g/mol. The molecular formula is C18H22N4OS. The number of hydrogen-bond donors (Lipinski definition) is 0. The molecule has 24 heavy (non-hydrogen) atoms. The summed E-state index contributed by atoms with van der Waals surface area (Å²) >= 11 is 1.52. The first-order chi connectivity index (χ1) is 11.7. The predicted molar refractivity (Wildman–Crippen MR) is 95.4 cm³/mol. The average molecular weight is 342 g/mol. The van der Waals surface area contributed by atoms with Crippen molar-refractivity contribution in [2.45, 2.75) is 56.8 Å². The van der Waals surface area contributed by atoms with E-state index in [1.54, 1.807) is 0 Å². The van der Waals surface area contributed by atoms with Crippen LogP contribution in [0.1, 0.15) is 37.6 Å². The van der Waals surface area contributed by atoms with Gasteiger partial charge >= 0.3 is 0 Å². The molecule has 0 aliphatic carbocycles. The number of benzene rings is 1. The SMILES string of the molecule is C[C@@H]1Cc2ccccc2N1C(=O)CSc1nnc2n1CCCCC2. The fourth-order valence-electron chi connectivity index (χ4n) is 3.71. The lowest BCUT2D eigenvalue weighted by Crippen LogP contribution is -2.37. The summed E-state index contributed by atoms with van der Waals surface area (Å²) in [5.41, 5.74) is 2.33. The standard InChI is InChI=1S/C18H22N4OS/c1-13-11-14-7-4-5-8-15(14)22(13)17(23)12-24-18-20-19-16-9-3-2-6-10-21(16)18/h4-5,7-8,13H,2-3,6,9-12H2,1H3/t13-/m1/s1. The lowest BCUT2D eigenvalue weighted by molar-refractivity contribution is -0.116. The number of rotatable bonds is 3. The Morgan fingerprint density at radius 2 is 2.12 bits per heavy atom. The zero-order valence-corrected chi connectivity index (χ0v) is 14.8. The number of nitrogens with zero attached hydrogens (tertiary/aromatic N) is 4. The Morgan fingerprint density at radius 3 is 3.04 bits per heavy atom. The van der Waals surface area contributed by atoms with Crippen LogP contribution in [0.15, 0.2) is 29.4 Å². The summed E-state index contributed by atoms with van der Waals surface area (Å²) in [6, 6.07) is 8.43. The number of aromatic nitrogens is 3. The first-order valence-corrected chi connectivity index (χ1v) is 9.67. The average Bonchev–Trinajstić information content (AvgIpc) is 3.03. The van der Waals surface area contributed by atoms with Gasteiger partial charge in [0.2, 0.25) is 5.91 Å². The highest BCUT2D eigenvalue weighted by atomic mass is 32.2. The molecule has 0 radical (unpaired) electrons. The maximum Gasteiger partial charge on any atom is 0.237 e. The first kappa shape index (κ1) is 15.7. The Bertz CT molecular complexity index is 757. The van der Waals surface area contributed by atoms with Crippen LogP contribution in [-0.2, 0) is 24.2 Å². The Labute approximate surface area is 146 Å².